The van der Waals surface area contributed by atoms with Gasteiger partial charge in [-0.15, -0.1) is 0 Å². The second-order valence-electron chi connectivity index (χ2n) is 3.91. The minimum absolute atomic E-state index is 0.225. The lowest BCUT2D eigenvalue weighted by Gasteiger charge is -2.08. The lowest BCUT2D eigenvalue weighted by Crippen LogP contribution is -2.13. The fourth-order valence-electron chi connectivity index (χ4n) is 1.55. The molecule has 4 nitrogen and oxygen atoms in total. The summed E-state index contributed by atoms with van der Waals surface area (Å²) in [5, 5.41) is 11.5. The Bertz CT molecular complexity index is 659. The summed E-state index contributed by atoms with van der Waals surface area (Å²) in [6.07, 6.45) is 0. The van der Waals surface area contributed by atoms with Gasteiger partial charge in [0, 0.05) is 5.56 Å². The summed E-state index contributed by atoms with van der Waals surface area (Å²) in [4.78, 5) is 16.2. The number of aromatic nitrogens is 1. The van der Waals surface area contributed by atoms with E-state index in [0.717, 1.165) is 10.3 Å². The maximum atomic E-state index is 12.0. The van der Waals surface area contributed by atoms with E-state index in [9.17, 15) is 4.79 Å². The van der Waals surface area contributed by atoms with Crippen LogP contribution in [0.5, 0.6) is 0 Å². The Morgan fingerprint density at radius 1 is 1.26 bits per heavy atom. The molecule has 0 saturated heterocycles. The zero-order valence-corrected chi connectivity index (χ0v) is 11.7. The summed E-state index contributed by atoms with van der Waals surface area (Å²) < 4.78 is 0.723. The van der Waals surface area contributed by atoms with E-state index in [-0.39, 0.29) is 5.91 Å². The van der Waals surface area contributed by atoms with Crippen LogP contribution in [0.2, 0.25) is 0 Å². The van der Waals surface area contributed by atoms with Crippen molar-refractivity contribution < 1.29 is 4.79 Å². The van der Waals surface area contributed by atoms with Gasteiger partial charge >= 0.3 is 0 Å². The molecule has 2 rings (SSSR count). The minimum Gasteiger partial charge on any atom is -0.320 e. The molecule has 0 aliphatic rings. The van der Waals surface area contributed by atoms with Gasteiger partial charge in [-0.05, 0) is 59.3 Å². The smallest absolute Gasteiger partial charge is 0.255 e. The number of anilines is 1. The molecule has 1 amide bonds. The zero-order valence-electron chi connectivity index (χ0n) is 10.1. The first-order valence-corrected chi connectivity index (χ1v) is 6.34. The van der Waals surface area contributed by atoms with E-state index in [4.69, 9.17) is 5.26 Å². The SMILES string of the molecule is Cc1nc(Br)ccc1NC(=O)c1ccc(C#N)cc1. The first-order valence-electron chi connectivity index (χ1n) is 5.55. The Labute approximate surface area is 119 Å². The Morgan fingerprint density at radius 3 is 2.53 bits per heavy atom. The van der Waals surface area contributed by atoms with Gasteiger partial charge in [0.25, 0.3) is 5.91 Å². The molecule has 0 fully saturated rings. The van der Waals surface area contributed by atoms with Crippen LogP contribution in [-0.2, 0) is 0 Å². The third kappa shape index (κ3) is 3.18. The summed E-state index contributed by atoms with van der Waals surface area (Å²) in [6.45, 7) is 1.82. The quantitative estimate of drug-likeness (QED) is 0.865. The molecule has 0 saturated carbocycles. The number of carbonyl (C=O) groups is 1. The van der Waals surface area contributed by atoms with Gasteiger partial charge in [0.15, 0.2) is 0 Å². The minimum atomic E-state index is -0.225. The molecule has 5 heteroatoms. The lowest BCUT2D eigenvalue weighted by atomic mass is 10.1. The van der Waals surface area contributed by atoms with Crippen LogP contribution >= 0.6 is 15.9 Å². The number of aryl methyl sites for hydroxylation is 1. The van der Waals surface area contributed by atoms with Crippen LogP contribution in [0.15, 0.2) is 41.0 Å². The predicted octanol–water partition coefficient (Wildman–Crippen LogP) is 3.28. The van der Waals surface area contributed by atoms with Gasteiger partial charge in [0.1, 0.15) is 4.60 Å². The Hall–Kier alpha value is -2.19. The van der Waals surface area contributed by atoms with Crippen LogP contribution in [0.25, 0.3) is 0 Å². The average Bonchev–Trinajstić information content (AvgIpc) is 2.42. The standard InChI is InChI=1S/C14H10BrN3O/c1-9-12(6-7-13(15)17-9)18-14(19)11-4-2-10(8-16)3-5-11/h2-7H,1H3,(H,18,19). The van der Waals surface area contributed by atoms with Crippen molar-refractivity contribution >= 4 is 27.5 Å². The molecule has 1 N–H and O–H groups in total. The van der Waals surface area contributed by atoms with Gasteiger partial charge in [-0.3, -0.25) is 4.79 Å². The first-order chi connectivity index (χ1) is 9.10. The second-order valence-corrected chi connectivity index (χ2v) is 4.72. The Balaban J connectivity index is 2.18. The summed E-state index contributed by atoms with van der Waals surface area (Å²) >= 11 is 3.27. The van der Waals surface area contributed by atoms with Gasteiger partial charge in [-0.2, -0.15) is 5.26 Å². The molecule has 1 heterocycles. The van der Waals surface area contributed by atoms with E-state index >= 15 is 0 Å². The van der Waals surface area contributed by atoms with Crippen molar-refractivity contribution in [1.82, 2.24) is 4.98 Å². The van der Waals surface area contributed by atoms with Crippen molar-refractivity contribution in [1.29, 1.82) is 5.26 Å². The molecule has 1 aromatic carbocycles. The largest absolute Gasteiger partial charge is 0.320 e. The normalized spacial score (nSPS) is 9.74. The van der Waals surface area contributed by atoms with Crippen molar-refractivity contribution in [3.8, 4) is 6.07 Å². The van der Waals surface area contributed by atoms with Crippen LogP contribution in [0.4, 0.5) is 5.69 Å². The number of pyridine rings is 1. The highest BCUT2D eigenvalue weighted by atomic mass is 79.9. The van der Waals surface area contributed by atoms with Crippen LogP contribution in [0.3, 0.4) is 0 Å². The monoisotopic (exact) mass is 315 g/mol. The number of nitrogens with one attached hydrogen (secondary N) is 1. The van der Waals surface area contributed by atoms with Gasteiger partial charge in [-0.1, -0.05) is 0 Å². The van der Waals surface area contributed by atoms with Gasteiger partial charge in [-0.25, -0.2) is 4.98 Å². The van der Waals surface area contributed by atoms with E-state index in [1.54, 1.807) is 36.4 Å². The zero-order chi connectivity index (χ0) is 13.8. The van der Waals surface area contributed by atoms with Crippen molar-refractivity contribution in [2.24, 2.45) is 0 Å². The molecule has 0 spiro atoms. The maximum absolute atomic E-state index is 12.0. The van der Waals surface area contributed by atoms with Crippen LogP contribution in [0, 0.1) is 18.3 Å². The Morgan fingerprint density at radius 2 is 1.95 bits per heavy atom. The molecule has 1 aromatic heterocycles. The molecule has 0 aliphatic carbocycles. The summed E-state index contributed by atoms with van der Waals surface area (Å²) in [5.41, 5.74) is 2.42. The molecule has 0 atom stereocenters. The molecule has 94 valence electrons. The van der Waals surface area contributed by atoms with E-state index in [0.29, 0.717) is 16.8 Å². The lowest BCUT2D eigenvalue weighted by molar-refractivity contribution is 0.102. The third-order valence-corrected chi connectivity index (χ3v) is 3.02. The van der Waals surface area contributed by atoms with Crippen LogP contribution in [-0.4, -0.2) is 10.9 Å². The number of hydrogen-bond acceptors (Lipinski definition) is 3. The number of carbonyl (C=O) groups excluding carboxylic acids is 1. The summed E-state index contributed by atoms with van der Waals surface area (Å²) in [7, 11) is 0. The third-order valence-electron chi connectivity index (χ3n) is 2.58. The fraction of sp³-hybridized carbons (Fsp3) is 0.0714. The summed E-state index contributed by atoms with van der Waals surface area (Å²) in [5.74, 6) is -0.225. The number of benzene rings is 1. The fourth-order valence-corrected chi connectivity index (χ4v) is 1.95. The van der Waals surface area contributed by atoms with Crippen LogP contribution < -0.4 is 5.32 Å². The molecule has 19 heavy (non-hydrogen) atoms. The second kappa shape index (κ2) is 5.63. The molecule has 0 aliphatic heterocycles. The predicted molar refractivity (Wildman–Crippen MR) is 75.8 cm³/mol. The maximum Gasteiger partial charge on any atom is 0.255 e. The number of halogens is 1. The van der Waals surface area contributed by atoms with Gasteiger partial charge < -0.3 is 5.32 Å². The average molecular weight is 316 g/mol. The molecular weight excluding hydrogens is 306 g/mol. The highest BCUT2D eigenvalue weighted by Crippen LogP contribution is 2.17. The molecule has 2 aromatic rings. The van der Waals surface area contributed by atoms with Crippen molar-refractivity contribution in [3.05, 3.63) is 57.8 Å². The number of amides is 1. The Kier molecular flexibility index (Phi) is 3.93. The van der Waals surface area contributed by atoms with E-state index in [1.807, 2.05) is 13.0 Å². The molecule has 0 radical (unpaired) electrons. The van der Waals surface area contributed by atoms with Crippen LogP contribution in [0.1, 0.15) is 21.6 Å². The molecule has 0 bridgehead atoms. The highest BCUT2D eigenvalue weighted by Gasteiger charge is 2.08. The van der Waals surface area contributed by atoms with E-state index in [1.165, 1.54) is 0 Å². The number of nitrogens with zero attached hydrogens (tertiary/aromatic N) is 2. The summed E-state index contributed by atoms with van der Waals surface area (Å²) in [6, 6.07) is 12.0. The van der Waals surface area contributed by atoms with Gasteiger partial charge in [0.2, 0.25) is 0 Å². The number of hydrogen-bond donors (Lipinski definition) is 1. The number of rotatable bonds is 2. The highest BCUT2D eigenvalue weighted by molar-refractivity contribution is 9.10. The van der Waals surface area contributed by atoms with Gasteiger partial charge in [0.05, 0.1) is 23.0 Å². The topological polar surface area (TPSA) is 65.8 Å². The molecular formula is C14H10BrN3O. The van der Waals surface area contributed by atoms with E-state index < -0.39 is 0 Å². The van der Waals surface area contributed by atoms with Crippen molar-refractivity contribution in [2.75, 3.05) is 5.32 Å². The van der Waals surface area contributed by atoms with Crippen molar-refractivity contribution in [2.45, 2.75) is 6.92 Å². The molecule has 0 unspecified atom stereocenters. The van der Waals surface area contributed by atoms with Crippen molar-refractivity contribution in [3.63, 3.8) is 0 Å². The number of nitriles is 1. The first kappa shape index (κ1) is 13.2. The van der Waals surface area contributed by atoms with E-state index in [2.05, 4.69) is 26.2 Å².